The first-order valence-corrected chi connectivity index (χ1v) is 31.2. The van der Waals surface area contributed by atoms with Crippen molar-refractivity contribution >= 4 is 67.7 Å². The van der Waals surface area contributed by atoms with Gasteiger partial charge in [-0.25, -0.2) is 43.9 Å². The van der Waals surface area contributed by atoms with Crippen molar-refractivity contribution in [3.63, 3.8) is 0 Å². The van der Waals surface area contributed by atoms with E-state index in [-0.39, 0.29) is 153 Å². The number of benzene rings is 4. The van der Waals surface area contributed by atoms with E-state index < -0.39 is 78.4 Å². The smallest absolute Gasteiger partial charge is 0.317 e. The Balaban J connectivity index is 0.799. The van der Waals surface area contributed by atoms with Crippen molar-refractivity contribution in [2.24, 2.45) is 32.9 Å². The van der Waals surface area contributed by atoms with Crippen LogP contribution in [0.2, 0.25) is 0 Å². The van der Waals surface area contributed by atoms with Crippen molar-refractivity contribution in [3.05, 3.63) is 118 Å². The number of carbonyl (C=O) groups is 4. The third kappa shape index (κ3) is 25.4. The molecule has 4 aromatic carbocycles. The van der Waals surface area contributed by atoms with Crippen LogP contribution in [0.15, 0.2) is 104 Å². The summed E-state index contributed by atoms with van der Waals surface area (Å²) in [6.07, 6.45) is 3.37. The molecule has 32 heteroatoms. The first-order valence-electron chi connectivity index (χ1n) is 28.1. The molecule has 0 bridgehead atoms. The van der Waals surface area contributed by atoms with E-state index in [4.69, 9.17) is 60.8 Å². The number of piperazine rings is 1. The first-order chi connectivity index (χ1) is 42.9. The molecule has 1 saturated heterocycles. The maximum absolute atomic E-state index is 14.8. The molecule has 1 fully saturated rings. The minimum atomic E-state index is -3.96. The number of nitrogens with one attached hydrogen (secondary N) is 2. The summed E-state index contributed by atoms with van der Waals surface area (Å²) in [5, 5.41) is 2.80. The maximum atomic E-state index is 14.8. The van der Waals surface area contributed by atoms with E-state index in [1.54, 1.807) is 9.80 Å². The van der Waals surface area contributed by atoms with Crippen LogP contribution in [-0.2, 0) is 62.7 Å². The van der Waals surface area contributed by atoms with Crippen molar-refractivity contribution in [2.75, 3.05) is 124 Å². The van der Waals surface area contributed by atoms with E-state index >= 15 is 0 Å². The molecule has 0 atom stereocenters. The minimum absolute atomic E-state index is 0.00790. The van der Waals surface area contributed by atoms with Crippen LogP contribution in [0.4, 0.5) is 22.4 Å². The summed E-state index contributed by atoms with van der Waals surface area (Å²) in [4.78, 5) is 59.2. The second-order valence-corrected chi connectivity index (χ2v) is 23.4. The fourth-order valence-corrected chi connectivity index (χ4v) is 10.4. The highest BCUT2D eigenvalue weighted by molar-refractivity contribution is 7.91. The molecule has 0 spiro atoms. The number of aliphatic imine (C=N–C) groups is 2. The molecule has 1 heterocycles. The van der Waals surface area contributed by atoms with E-state index in [1.165, 1.54) is 74.5 Å². The van der Waals surface area contributed by atoms with Crippen LogP contribution in [0.1, 0.15) is 44.2 Å². The lowest BCUT2D eigenvalue weighted by atomic mass is 10.1. The number of sulfonamides is 1. The van der Waals surface area contributed by atoms with E-state index in [9.17, 15) is 53.6 Å². The Kier molecular flexibility index (Phi) is 30.0. The lowest BCUT2D eigenvalue weighted by molar-refractivity contribution is -0.133. The molecule has 5 rings (SSSR count). The Morgan fingerprint density at radius 2 is 0.900 bits per heavy atom. The first kappa shape index (κ1) is 72.7. The third-order valence-electron chi connectivity index (χ3n) is 12.6. The molecule has 1 aliphatic rings. The van der Waals surface area contributed by atoms with Gasteiger partial charge < -0.3 is 75.9 Å². The molecule has 4 aromatic rings. The largest absolute Gasteiger partial charge is 0.451 e. The zero-order valence-corrected chi connectivity index (χ0v) is 51.2. The Bertz CT molecular complexity index is 3130. The van der Waals surface area contributed by atoms with Crippen molar-refractivity contribution in [1.29, 1.82) is 0 Å². The lowest BCUT2D eigenvalue weighted by Gasteiger charge is -2.34. The van der Waals surface area contributed by atoms with Gasteiger partial charge in [-0.3, -0.25) is 14.4 Å². The number of nitrogens with two attached hydrogens (primary N) is 4. The SMILES string of the molecule is C/C(=C\c1cc(F)c(Oc2ccc(S(=O)(=O)CCCOCCOCCOCCCC(=O)N3CCN(C(=O)NCCOCCOCCOCCNS(=O)(=O)c4ccc(Oc5c(F)cc(/C=C(\C)C(=O)N=C(N)N)cc5F)cc4)CC3)cc2)c(F)c1)C(=O)N=C(N)N. The van der Waals surface area contributed by atoms with Crippen molar-refractivity contribution in [2.45, 2.75) is 42.9 Å². The molecule has 1 aliphatic heterocycles. The van der Waals surface area contributed by atoms with E-state index in [1.807, 2.05) is 0 Å². The highest BCUT2D eigenvalue weighted by atomic mass is 32.2. The van der Waals surface area contributed by atoms with Gasteiger partial charge >= 0.3 is 6.03 Å². The Morgan fingerprint density at radius 3 is 1.33 bits per heavy atom. The van der Waals surface area contributed by atoms with Gasteiger partial charge in [0.25, 0.3) is 11.8 Å². The van der Waals surface area contributed by atoms with Crippen molar-refractivity contribution in [3.8, 4) is 23.0 Å². The van der Waals surface area contributed by atoms with Gasteiger partial charge in [0.15, 0.2) is 56.5 Å². The van der Waals surface area contributed by atoms with Crippen LogP contribution in [0.5, 0.6) is 23.0 Å². The number of hydrogen-bond donors (Lipinski definition) is 6. The van der Waals surface area contributed by atoms with Crippen LogP contribution in [-0.4, -0.2) is 187 Å². The van der Waals surface area contributed by atoms with E-state index in [0.717, 1.165) is 24.3 Å². The van der Waals surface area contributed by atoms with Crippen LogP contribution < -0.4 is 42.4 Å². The summed E-state index contributed by atoms with van der Waals surface area (Å²) in [6, 6.07) is 13.4. The number of ether oxygens (including phenoxy) is 8. The van der Waals surface area contributed by atoms with Crippen molar-refractivity contribution in [1.82, 2.24) is 19.8 Å². The number of carbonyl (C=O) groups excluding carboxylic acids is 4. The number of rotatable bonds is 37. The van der Waals surface area contributed by atoms with Gasteiger partial charge in [0.1, 0.15) is 11.5 Å². The lowest BCUT2D eigenvalue weighted by Crippen LogP contribution is -2.53. The standard InChI is InChI=1S/C58H74F4N10O16S2/c1-39(54(74)69-56(63)64)33-41-35-47(59)52(48(60)36-41)87-43-6-10-45(11-7-43)89(77,78)32-4-21-82-25-29-85-28-24-81-20-3-5-51(73)71-16-18-72(19-17-71)58(76)67-14-22-83-26-30-86-31-27-84-23-15-68-90(79,80)46-12-8-44(9-13-46)88-53-49(61)37-42(38-50(53)62)34-40(2)55(75)70-57(65)66/h6-13,33-38,68H,3-5,14-32H2,1-2H3,(H,67,76)(H4,63,64,69,74)(H4,65,66,70,75)/b39-33+,40-34+. The van der Waals surface area contributed by atoms with E-state index in [2.05, 4.69) is 20.0 Å². The molecule has 26 nitrogen and oxygen atoms in total. The average molecular weight is 1310 g/mol. The Hall–Kier alpha value is -8.08. The second-order valence-electron chi connectivity index (χ2n) is 19.6. The fourth-order valence-electron chi connectivity index (χ4n) is 8.06. The molecular formula is C58H74F4N10O16S2. The van der Waals surface area contributed by atoms with Gasteiger partial charge in [-0.1, -0.05) is 0 Å². The van der Waals surface area contributed by atoms with Gasteiger partial charge in [-0.15, -0.1) is 0 Å². The van der Waals surface area contributed by atoms with Crippen molar-refractivity contribution < 1.29 is 91.5 Å². The summed E-state index contributed by atoms with van der Waals surface area (Å²) >= 11 is 0. The maximum Gasteiger partial charge on any atom is 0.317 e. The molecule has 0 aliphatic carbocycles. The molecule has 492 valence electrons. The third-order valence-corrected chi connectivity index (χ3v) is 15.8. The number of sulfone groups is 1. The molecule has 0 unspecified atom stereocenters. The normalized spacial score (nSPS) is 13.0. The number of urea groups is 1. The summed E-state index contributed by atoms with van der Waals surface area (Å²) < 4.78 is 157. The number of nitrogens with zero attached hydrogens (tertiary/aromatic N) is 4. The predicted molar refractivity (Wildman–Crippen MR) is 322 cm³/mol. The second kappa shape index (κ2) is 37.2. The molecule has 0 aromatic heterocycles. The highest BCUT2D eigenvalue weighted by Crippen LogP contribution is 2.32. The highest BCUT2D eigenvalue weighted by Gasteiger charge is 2.24. The molecule has 0 radical (unpaired) electrons. The Morgan fingerprint density at radius 1 is 0.522 bits per heavy atom. The zero-order chi connectivity index (χ0) is 65.6. The van der Waals surface area contributed by atoms with Crippen LogP contribution in [0, 0.1) is 23.3 Å². The topological polar surface area (TPSA) is 370 Å². The number of guanidine groups is 2. The minimum Gasteiger partial charge on any atom is -0.451 e. The summed E-state index contributed by atoms with van der Waals surface area (Å²) in [7, 11) is -7.68. The van der Waals surface area contributed by atoms with Gasteiger partial charge in [0.2, 0.25) is 15.9 Å². The molecular weight excluding hydrogens is 1230 g/mol. The van der Waals surface area contributed by atoms with Crippen LogP contribution in [0.3, 0.4) is 0 Å². The van der Waals surface area contributed by atoms with Gasteiger partial charge in [-0.05, 0) is 123 Å². The fraction of sp³-hybridized carbons (Fsp3) is 0.414. The van der Waals surface area contributed by atoms with Gasteiger partial charge in [0.05, 0.1) is 81.6 Å². The van der Waals surface area contributed by atoms with Crippen LogP contribution >= 0.6 is 0 Å². The molecule has 5 amide bonds. The average Bonchev–Trinajstić information content (AvgIpc) is 1.55. The van der Waals surface area contributed by atoms with Gasteiger partial charge in [0, 0.05) is 70.0 Å². The summed E-state index contributed by atoms with van der Waals surface area (Å²) in [6.45, 7) is 7.25. The van der Waals surface area contributed by atoms with Crippen LogP contribution in [0.25, 0.3) is 12.2 Å². The summed E-state index contributed by atoms with van der Waals surface area (Å²) in [5.74, 6) is -8.56. The van der Waals surface area contributed by atoms with Gasteiger partial charge in [-0.2, -0.15) is 9.98 Å². The number of amides is 5. The van der Waals surface area contributed by atoms with E-state index in [0.29, 0.717) is 45.8 Å². The quantitative estimate of drug-likeness (QED) is 0.0122. The molecule has 10 N–H and O–H groups in total. The molecule has 90 heavy (non-hydrogen) atoms. The Labute approximate surface area is 518 Å². The molecule has 0 saturated carbocycles. The predicted octanol–water partition coefficient (Wildman–Crippen LogP) is 4.11. The zero-order valence-electron chi connectivity index (χ0n) is 49.6. The monoisotopic (exact) mass is 1310 g/mol. The number of halogens is 4. The number of hydrogen-bond acceptors (Lipinski definition) is 16. The summed E-state index contributed by atoms with van der Waals surface area (Å²) in [5.41, 5.74) is 20.8.